The lowest BCUT2D eigenvalue weighted by Crippen LogP contribution is -2.57. The number of nitrogens with one attached hydrogen (secondary N) is 5. The highest BCUT2D eigenvalue weighted by Gasteiger charge is 2.44. The zero-order chi connectivity index (χ0) is 59.1. The van der Waals surface area contributed by atoms with E-state index < -0.39 is 36.1 Å². The topological polar surface area (TPSA) is 216 Å². The number of carbonyl (C=O) groups is 3. The van der Waals surface area contributed by atoms with E-state index >= 15 is 0 Å². The van der Waals surface area contributed by atoms with E-state index in [9.17, 15) is 29.7 Å². The quantitative estimate of drug-likeness (QED) is 0.0261. The van der Waals surface area contributed by atoms with Crippen molar-refractivity contribution in [2.45, 2.75) is 124 Å². The van der Waals surface area contributed by atoms with Crippen LogP contribution in [0.1, 0.15) is 101 Å². The van der Waals surface area contributed by atoms with Gasteiger partial charge in [0.2, 0.25) is 17.7 Å². The maximum Gasteiger partial charge on any atom is 0.243 e. The minimum atomic E-state index is -0.990. The summed E-state index contributed by atoms with van der Waals surface area (Å²) in [6, 6.07) is 11.1. The van der Waals surface area contributed by atoms with Crippen LogP contribution in [-0.2, 0) is 30.4 Å². The van der Waals surface area contributed by atoms with Crippen LogP contribution in [0.15, 0.2) is 95.7 Å². The Morgan fingerprint density at radius 3 is 2.30 bits per heavy atom. The van der Waals surface area contributed by atoms with Crippen LogP contribution in [0.25, 0.3) is 16.0 Å². The Morgan fingerprint density at radius 2 is 1.65 bits per heavy atom. The fourth-order valence-electron chi connectivity index (χ4n) is 11.3. The molecule has 4 aliphatic heterocycles. The standard InChI is InChI=1S/C63H92N10O8S/c1-11-72(50-19-28-81-29-20-50)54-33-49(32-52(45(54)6)59(76)67-36-53-43(4)31-44(5)69-60(53)77)42(3)14-13-41(2)37-70-23-25-71(26-24-70)39-56(75)64-21-12-27-80-30-22-65-58(63(8,9)10)62(79)73-38-51(74)34-55(73)61(78)66-35-47-15-17-48(18-16-47)57-46(7)68-40-82-57/h13-18,31-33,40,50-51,55,58-60,65,67,69,74,76-77H,2-3,11-12,19-30,34-39H2,1,4-10H3,(H,64,75)(H,66,78)/b14-13-/t51-,55+,58?,59?,60?/m1/s1. The number of allylic oxidation sites excluding steroid dienone is 5. The Balaban J connectivity index is 0.799. The third-order valence-electron chi connectivity index (χ3n) is 16.1. The number of nitrogens with zero attached hydrogens (tertiary/aromatic N) is 5. The Bertz CT molecular complexity index is 2760. The lowest BCUT2D eigenvalue weighted by molar-refractivity contribution is -0.142. The molecule has 0 saturated carbocycles. The monoisotopic (exact) mass is 1150 g/mol. The molecule has 8 N–H and O–H groups in total. The van der Waals surface area contributed by atoms with Gasteiger partial charge in [-0.05, 0) is 122 Å². The molecular formula is C63H92N10O8S. The summed E-state index contributed by atoms with van der Waals surface area (Å²) in [6.45, 7) is 33.7. The average Bonchev–Trinajstić information content (AvgIpc) is 4.08. The molecule has 3 fully saturated rings. The van der Waals surface area contributed by atoms with Crippen molar-refractivity contribution in [3.05, 3.63) is 124 Å². The molecule has 0 bridgehead atoms. The van der Waals surface area contributed by atoms with Gasteiger partial charge in [0.05, 0.1) is 41.4 Å². The van der Waals surface area contributed by atoms with Gasteiger partial charge in [-0.1, -0.05) is 70.3 Å². The second-order valence-electron chi connectivity index (χ2n) is 23.4. The van der Waals surface area contributed by atoms with Gasteiger partial charge in [-0.2, -0.15) is 0 Å². The Morgan fingerprint density at radius 1 is 0.939 bits per heavy atom. The maximum absolute atomic E-state index is 14.1. The number of rotatable bonds is 27. The summed E-state index contributed by atoms with van der Waals surface area (Å²) in [6.07, 6.45) is 6.08. The van der Waals surface area contributed by atoms with Gasteiger partial charge in [0.1, 0.15) is 18.5 Å². The van der Waals surface area contributed by atoms with Crippen molar-refractivity contribution in [2.24, 2.45) is 5.41 Å². The number of dihydropyridines is 1. The van der Waals surface area contributed by atoms with Crippen LogP contribution in [0, 0.1) is 19.3 Å². The molecule has 2 aromatic carbocycles. The number of hydrogen-bond acceptors (Lipinski definition) is 16. The number of aromatic nitrogens is 1. The number of ether oxygens (including phenoxy) is 2. The molecule has 5 atom stereocenters. The van der Waals surface area contributed by atoms with Crippen LogP contribution in [0.3, 0.4) is 0 Å². The van der Waals surface area contributed by atoms with E-state index in [0.717, 1.165) is 131 Å². The number of thiazole rings is 1. The summed E-state index contributed by atoms with van der Waals surface area (Å²) in [7, 11) is 0. The number of benzene rings is 2. The lowest BCUT2D eigenvalue weighted by atomic mass is 9.85. The molecule has 1 aromatic heterocycles. The highest BCUT2D eigenvalue weighted by Crippen LogP contribution is 2.35. The molecule has 3 aromatic rings. The van der Waals surface area contributed by atoms with Crippen LogP contribution in [-0.4, -0.2) is 182 Å². The van der Waals surface area contributed by atoms with Crippen LogP contribution >= 0.6 is 11.3 Å². The molecule has 19 heteroatoms. The second kappa shape index (κ2) is 30.3. The number of aliphatic hydroxyl groups is 3. The first-order chi connectivity index (χ1) is 39.2. The number of anilines is 1. The summed E-state index contributed by atoms with van der Waals surface area (Å²) in [5.41, 5.74) is 12.4. The van der Waals surface area contributed by atoms with Gasteiger partial charge in [0.25, 0.3) is 0 Å². The summed E-state index contributed by atoms with van der Waals surface area (Å²) in [5, 5.41) is 48.8. The molecule has 3 amide bonds. The predicted octanol–water partition coefficient (Wildman–Crippen LogP) is 5.70. The summed E-state index contributed by atoms with van der Waals surface area (Å²) in [4.78, 5) is 54.4. The SMILES string of the molecule is C=C(/C=C\C(=C)c1cc(C(O)NCC2=C(C)C=C(C)NC2O)c(C)c(N(CC)C2CCOCC2)c1)CN1CCN(CC(=O)NCCCOCCNC(C(=O)N2C[C@H](O)C[C@H]2C(=O)NCc2ccc(-c3scnc3C)cc2)C(C)(C)C)CC1. The van der Waals surface area contributed by atoms with Crippen molar-refractivity contribution in [2.75, 3.05) is 103 Å². The molecule has 448 valence electrons. The van der Waals surface area contributed by atoms with Crippen molar-refractivity contribution >= 4 is 40.3 Å². The van der Waals surface area contributed by atoms with E-state index in [2.05, 4.69) is 79.3 Å². The van der Waals surface area contributed by atoms with Crippen LogP contribution < -0.4 is 31.5 Å². The predicted molar refractivity (Wildman–Crippen MR) is 327 cm³/mol. The van der Waals surface area contributed by atoms with Gasteiger partial charge in [-0.3, -0.25) is 29.5 Å². The number of amides is 3. The largest absolute Gasteiger partial charge is 0.391 e. The molecule has 0 aliphatic carbocycles. The van der Waals surface area contributed by atoms with E-state index in [4.69, 9.17) is 9.47 Å². The number of carbonyl (C=O) groups excluding carboxylic acids is 3. The van der Waals surface area contributed by atoms with E-state index in [1.807, 2.05) is 95.6 Å². The van der Waals surface area contributed by atoms with Crippen LogP contribution in [0.2, 0.25) is 0 Å². The zero-order valence-corrected chi connectivity index (χ0v) is 50.6. The molecule has 5 heterocycles. The smallest absolute Gasteiger partial charge is 0.243 e. The van der Waals surface area contributed by atoms with Gasteiger partial charge < -0.3 is 55.9 Å². The molecule has 18 nitrogen and oxygen atoms in total. The van der Waals surface area contributed by atoms with Gasteiger partial charge in [-0.15, -0.1) is 11.3 Å². The molecule has 0 spiro atoms. The first-order valence-electron chi connectivity index (χ1n) is 29.3. The normalized spacial score (nSPS) is 20.2. The van der Waals surface area contributed by atoms with E-state index in [1.165, 1.54) is 4.90 Å². The fourth-order valence-corrected chi connectivity index (χ4v) is 12.1. The molecule has 3 saturated heterocycles. The van der Waals surface area contributed by atoms with Gasteiger partial charge >= 0.3 is 0 Å². The molecule has 82 heavy (non-hydrogen) atoms. The molecular weight excluding hydrogens is 1060 g/mol. The van der Waals surface area contributed by atoms with E-state index in [1.54, 1.807) is 11.3 Å². The van der Waals surface area contributed by atoms with E-state index in [0.29, 0.717) is 64.9 Å². The highest BCUT2D eigenvalue weighted by atomic mass is 32.1. The summed E-state index contributed by atoms with van der Waals surface area (Å²) in [5.74, 6) is -0.547. The molecule has 3 unspecified atom stereocenters. The van der Waals surface area contributed by atoms with Gasteiger partial charge in [-0.25, -0.2) is 4.98 Å². The number of aryl methyl sites for hydroxylation is 1. The van der Waals surface area contributed by atoms with Crippen molar-refractivity contribution in [3.63, 3.8) is 0 Å². The number of β-amino-alcohol motifs (C(OH)–C–C–N with tert-alkyl or cyclic N) is 1. The Kier molecular flexibility index (Phi) is 23.6. The van der Waals surface area contributed by atoms with Crippen molar-refractivity contribution in [3.8, 4) is 10.4 Å². The van der Waals surface area contributed by atoms with Gasteiger partial charge in [0.15, 0.2) is 0 Å². The zero-order valence-electron chi connectivity index (χ0n) is 49.8. The Labute approximate surface area is 490 Å². The van der Waals surface area contributed by atoms with Crippen molar-refractivity contribution in [1.82, 2.24) is 46.3 Å². The van der Waals surface area contributed by atoms with Crippen LogP contribution in [0.4, 0.5) is 5.69 Å². The number of aliphatic hydroxyl groups excluding tert-OH is 3. The maximum atomic E-state index is 14.1. The molecule has 7 rings (SSSR count). The van der Waals surface area contributed by atoms with Crippen molar-refractivity contribution < 1.29 is 39.2 Å². The second-order valence-corrected chi connectivity index (χ2v) is 24.3. The van der Waals surface area contributed by atoms with Crippen LogP contribution in [0.5, 0.6) is 0 Å². The third-order valence-corrected chi connectivity index (χ3v) is 17.0. The third kappa shape index (κ3) is 17.7. The van der Waals surface area contributed by atoms with Gasteiger partial charge in [0, 0.05) is 121 Å². The molecule has 4 aliphatic rings. The molecule has 0 radical (unpaired) electrons. The first-order valence-corrected chi connectivity index (χ1v) is 30.1. The highest BCUT2D eigenvalue weighted by molar-refractivity contribution is 7.13. The summed E-state index contributed by atoms with van der Waals surface area (Å²) < 4.78 is 11.6. The lowest BCUT2D eigenvalue weighted by Gasteiger charge is -2.37. The average molecular weight is 1150 g/mol. The Hall–Kier alpha value is -5.58. The van der Waals surface area contributed by atoms with E-state index in [-0.39, 0.29) is 30.7 Å². The van der Waals surface area contributed by atoms with Crippen molar-refractivity contribution in [1.29, 1.82) is 0 Å². The number of piperazine rings is 1. The first kappa shape index (κ1) is 64.0. The minimum absolute atomic E-state index is 0.0242. The summed E-state index contributed by atoms with van der Waals surface area (Å²) >= 11 is 1.59. The fraction of sp³-hybridized carbons (Fsp3) is 0.556. The number of likely N-dealkylation sites (tertiary alicyclic amines) is 1. The number of hydrogen-bond donors (Lipinski definition) is 8. The minimum Gasteiger partial charge on any atom is -0.391 e.